The predicted octanol–water partition coefficient (Wildman–Crippen LogP) is -0.793. The molecule has 2 amide bonds. The van der Waals surface area contributed by atoms with E-state index >= 15 is 0 Å². The lowest BCUT2D eigenvalue weighted by molar-refractivity contribution is -0.134. The van der Waals surface area contributed by atoms with E-state index in [4.69, 9.17) is 0 Å². The van der Waals surface area contributed by atoms with E-state index in [1.165, 1.54) is 0 Å². The minimum Gasteiger partial charge on any atom is -0.358 e. The highest BCUT2D eigenvalue weighted by molar-refractivity contribution is 5.84. The summed E-state index contributed by atoms with van der Waals surface area (Å²) in [6.07, 6.45) is 3.38. The van der Waals surface area contributed by atoms with Gasteiger partial charge in [-0.2, -0.15) is 0 Å². The Hall–Kier alpha value is -1.66. The second-order valence-electron chi connectivity index (χ2n) is 4.68. The summed E-state index contributed by atoms with van der Waals surface area (Å²) in [5.41, 5.74) is 0. The SMILES string of the molecule is C=CCN(CC=C)C(=O)CN1CCNCC1C(=O)NC. The van der Waals surface area contributed by atoms with Crippen LogP contribution in [0.5, 0.6) is 0 Å². The smallest absolute Gasteiger partial charge is 0.238 e. The zero-order valence-corrected chi connectivity index (χ0v) is 12.1. The summed E-state index contributed by atoms with van der Waals surface area (Å²) in [6.45, 7) is 10.5. The molecule has 20 heavy (non-hydrogen) atoms. The van der Waals surface area contributed by atoms with Gasteiger partial charge in [-0.25, -0.2) is 0 Å². The number of piperazine rings is 1. The molecule has 0 spiro atoms. The van der Waals surface area contributed by atoms with Crippen molar-refractivity contribution in [3.63, 3.8) is 0 Å². The molecule has 1 atom stereocenters. The van der Waals surface area contributed by atoms with Crippen LogP contribution in [0.4, 0.5) is 0 Å². The van der Waals surface area contributed by atoms with Gasteiger partial charge in [0.15, 0.2) is 0 Å². The first-order chi connectivity index (χ1) is 9.63. The lowest BCUT2D eigenvalue weighted by atomic mass is 10.1. The normalized spacial score (nSPS) is 19.1. The van der Waals surface area contributed by atoms with Crippen LogP contribution < -0.4 is 10.6 Å². The number of amides is 2. The van der Waals surface area contributed by atoms with E-state index in [-0.39, 0.29) is 24.4 Å². The molecule has 2 N–H and O–H groups in total. The van der Waals surface area contributed by atoms with Crippen molar-refractivity contribution in [2.75, 3.05) is 46.3 Å². The maximum atomic E-state index is 12.3. The van der Waals surface area contributed by atoms with E-state index in [0.29, 0.717) is 26.2 Å². The molecule has 0 radical (unpaired) electrons. The minimum absolute atomic E-state index is 0.0133. The van der Waals surface area contributed by atoms with Gasteiger partial charge >= 0.3 is 0 Å². The van der Waals surface area contributed by atoms with Gasteiger partial charge in [0.1, 0.15) is 6.04 Å². The lowest BCUT2D eigenvalue weighted by Crippen LogP contribution is -2.59. The Morgan fingerprint density at radius 2 is 2.05 bits per heavy atom. The van der Waals surface area contributed by atoms with Crippen molar-refractivity contribution in [1.82, 2.24) is 20.4 Å². The molecule has 1 fully saturated rings. The van der Waals surface area contributed by atoms with Gasteiger partial charge in [0.25, 0.3) is 0 Å². The van der Waals surface area contributed by atoms with Crippen LogP contribution in [-0.2, 0) is 9.59 Å². The quantitative estimate of drug-likeness (QED) is 0.600. The fourth-order valence-electron chi connectivity index (χ4n) is 2.22. The van der Waals surface area contributed by atoms with Gasteiger partial charge in [0.05, 0.1) is 6.54 Å². The van der Waals surface area contributed by atoms with Crippen LogP contribution in [0.15, 0.2) is 25.3 Å². The monoisotopic (exact) mass is 280 g/mol. The fraction of sp³-hybridized carbons (Fsp3) is 0.571. The first kappa shape index (κ1) is 16.4. The van der Waals surface area contributed by atoms with Crippen LogP contribution in [0.3, 0.4) is 0 Å². The average molecular weight is 280 g/mol. The summed E-state index contributed by atoms with van der Waals surface area (Å²) < 4.78 is 0. The predicted molar refractivity (Wildman–Crippen MR) is 79.3 cm³/mol. The number of rotatable bonds is 7. The summed E-state index contributed by atoms with van der Waals surface area (Å²) in [4.78, 5) is 27.7. The molecule has 1 aliphatic rings. The summed E-state index contributed by atoms with van der Waals surface area (Å²) in [7, 11) is 1.61. The number of nitrogens with zero attached hydrogens (tertiary/aromatic N) is 2. The Kier molecular flexibility index (Phi) is 6.97. The third-order valence-corrected chi connectivity index (χ3v) is 3.29. The molecular formula is C14H24N4O2. The largest absolute Gasteiger partial charge is 0.358 e. The molecule has 1 saturated heterocycles. The van der Waals surface area contributed by atoms with E-state index in [0.717, 1.165) is 6.54 Å². The van der Waals surface area contributed by atoms with Crippen molar-refractivity contribution < 1.29 is 9.59 Å². The van der Waals surface area contributed by atoms with Crippen molar-refractivity contribution in [3.8, 4) is 0 Å². The van der Waals surface area contributed by atoms with Crippen LogP contribution in [-0.4, -0.2) is 74.0 Å². The molecule has 1 rings (SSSR count). The second kappa shape index (κ2) is 8.50. The Labute approximate surface area is 120 Å². The number of carbonyl (C=O) groups excluding carboxylic acids is 2. The molecular weight excluding hydrogens is 256 g/mol. The third-order valence-electron chi connectivity index (χ3n) is 3.29. The van der Waals surface area contributed by atoms with Crippen LogP contribution in [0.2, 0.25) is 0 Å². The maximum absolute atomic E-state index is 12.3. The van der Waals surface area contributed by atoms with E-state index in [1.807, 2.05) is 4.90 Å². The van der Waals surface area contributed by atoms with Gasteiger partial charge < -0.3 is 15.5 Å². The van der Waals surface area contributed by atoms with Gasteiger partial charge in [0.2, 0.25) is 11.8 Å². The van der Waals surface area contributed by atoms with Crippen LogP contribution >= 0.6 is 0 Å². The molecule has 112 valence electrons. The minimum atomic E-state index is -0.299. The van der Waals surface area contributed by atoms with Crippen LogP contribution in [0, 0.1) is 0 Å². The molecule has 6 heteroatoms. The molecule has 1 heterocycles. The molecule has 0 aromatic carbocycles. The zero-order chi connectivity index (χ0) is 15.0. The zero-order valence-electron chi connectivity index (χ0n) is 12.1. The standard InChI is InChI=1S/C14H24N4O2/c1-4-7-17(8-5-2)13(19)11-18-9-6-16-10-12(18)14(20)15-3/h4-5,12,16H,1-2,6-11H2,3H3,(H,15,20). The third kappa shape index (κ3) is 4.47. The number of nitrogens with one attached hydrogen (secondary N) is 2. The van der Waals surface area contributed by atoms with Crippen molar-refractivity contribution in [2.24, 2.45) is 0 Å². The van der Waals surface area contributed by atoms with E-state index in [9.17, 15) is 9.59 Å². The molecule has 0 bridgehead atoms. The molecule has 0 aromatic heterocycles. The van der Waals surface area contributed by atoms with Gasteiger partial charge in [-0.1, -0.05) is 12.2 Å². The highest BCUT2D eigenvalue weighted by Crippen LogP contribution is 2.05. The highest BCUT2D eigenvalue weighted by Gasteiger charge is 2.30. The first-order valence-corrected chi connectivity index (χ1v) is 6.80. The molecule has 1 unspecified atom stereocenters. The topological polar surface area (TPSA) is 64.7 Å². The fourth-order valence-corrected chi connectivity index (χ4v) is 2.22. The van der Waals surface area contributed by atoms with Crippen molar-refractivity contribution in [1.29, 1.82) is 0 Å². The van der Waals surface area contributed by atoms with E-state index < -0.39 is 0 Å². The molecule has 0 aliphatic carbocycles. The lowest BCUT2D eigenvalue weighted by Gasteiger charge is -2.35. The molecule has 0 saturated carbocycles. The second-order valence-corrected chi connectivity index (χ2v) is 4.68. The van der Waals surface area contributed by atoms with E-state index in [1.54, 1.807) is 24.1 Å². The van der Waals surface area contributed by atoms with Gasteiger partial charge in [-0.3, -0.25) is 14.5 Å². The number of hydrogen-bond acceptors (Lipinski definition) is 4. The summed E-state index contributed by atoms with van der Waals surface area (Å²) in [6, 6.07) is -0.299. The number of carbonyl (C=O) groups is 2. The number of likely N-dealkylation sites (N-methyl/N-ethyl adjacent to an activating group) is 1. The molecule has 0 aromatic rings. The number of hydrogen-bond donors (Lipinski definition) is 2. The summed E-state index contributed by atoms with van der Waals surface area (Å²) in [5, 5.41) is 5.81. The van der Waals surface area contributed by atoms with Crippen LogP contribution in [0.25, 0.3) is 0 Å². The Morgan fingerprint density at radius 1 is 1.40 bits per heavy atom. The Morgan fingerprint density at radius 3 is 2.60 bits per heavy atom. The van der Waals surface area contributed by atoms with Crippen molar-refractivity contribution in [3.05, 3.63) is 25.3 Å². The van der Waals surface area contributed by atoms with Gasteiger partial charge in [-0.05, 0) is 0 Å². The Bertz CT molecular complexity index is 360. The van der Waals surface area contributed by atoms with E-state index in [2.05, 4.69) is 23.8 Å². The van der Waals surface area contributed by atoms with Gasteiger partial charge in [-0.15, -0.1) is 13.2 Å². The highest BCUT2D eigenvalue weighted by atomic mass is 16.2. The average Bonchev–Trinajstić information content (AvgIpc) is 2.46. The maximum Gasteiger partial charge on any atom is 0.238 e. The summed E-state index contributed by atoms with van der Waals surface area (Å²) in [5.74, 6) is -0.0791. The van der Waals surface area contributed by atoms with Gasteiger partial charge in [0, 0.05) is 39.8 Å². The summed E-state index contributed by atoms with van der Waals surface area (Å²) >= 11 is 0. The van der Waals surface area contributed by atoms with Crippen molar-refractivity contribution >= 4 is 11.8 Å². The van der Waals surface area contributed by atoms with Crippen LogP contribution in [0.1, 0.15) is 0 Å². The molecule has 1 aliphatic heterocycles. The first-order valence-electron chi connectivity index (χ1n) is 6.80. The Balaban J connectivity index is 2.66. The molecule has 6 nitrogen and oxygen atoms in total. The van der Waals surface area contributed by atoms with Crippen molar-refractivity contribution in [2.45, 2.75) is 6.04 Å².